The Kier molecular flexibility index (Phi) is 21.3. The summed E-state index contributed by atoms with van der Waals surface area (Å²) in [6.07, 6.45) is 101. The van der Waals surface area contributed by atoms with Gasteiger partial charge in [-0.3, -0.25) is 0 Å². The predicted molar refractivity (Wildman–Crippen MR) is 413 cm³/mol. The van der Waals surface area contributed by atoms with Gasteiger partial charge >= 0.3 is 0 Å². The quantitative estimate of drug-likeness (QED) is 0.0654. The van der Waals surface area contributed by atoms with Crippen LogP contribution in [0.15, 0.2) is 392 Å². The van der Waals surface area contributed by atoms with Crippen molar-refractivity contribution in [3.05, 3.63) is 403 Å². The van der Waals surface area contributed by atoms with E-state index in [9.17, 15) is 0 Å². The molecule has 0 aliphatic heterocycles. The molecule has 0 spiro atoms. The highest BCUT2D eigenvalue weighted by Gasteiger charge is 2.32. The normalized spacial score (nSPS) is 23.4. The van der Waals surface area contributed by atoms with Gasteiger partial charge in [0.15, 0.2) is 0 Å². The van der Waals surface area contributed by atoms with E-state index < -0.39 is 0 Å². The van der Waals surface area contributed by atoms with Crippen LogP contribution >= 0.6 is 0 Å². The van der Waals surface area contributed by atoms with Gasteiger partial charge in [0.2, 0.25) is 0 Å². The summed E-state index contributed by atoms with van der Waals surface area (Å²) in [7, 11) is 0. The number of anilines is 2. The minimum absolute atomic E-state index is 0.0941. The Labute approximate surface area is 574 Å². The SMILES string of the molecule is C=CC=CC=CN(C1=CC=C(C2=CC=C(N(c3ccc(C4=CC=CCC4)cc3)C3C=CC(C4=CCC(C(C(C=C)=CC=CC(C=C)CC=C)c5ccc(-c6ccc(N(C7=C8C=CC=CC8CC=C7)C7C=CC=CC7)cc6)cc5)C=C4)=CC3)CC2)CC1)C1CC=CC2=C1C=CCC2. The summed E-state index contributed by atoms with van der Waals surface area (Å²) in [6.45, 7) is 16.5. The fourth-order valence-electron chi connectivity index (χ4n) is 15.6. The zero-order chi connectivity index (χ0) is 65.4. The highest BCUT2D eigenvalue weighted by atomic mass is 15.2. The molecule has 13 rings (SSSR count). The maximum absolute atomic E-state index is 4.44. The Hall–Kier alpha value is -9.96. The predicted octanol–water partition coefficient (Wildman–Crippen LogP) is 23.9. The van der Waals surface area contributed by atoms with Crippen molar-refractivity contribution < 1.29 is 0 Å². The third-order valence-corrected chi connectivity index (χ3v) is 20.7. The van der Waals surface area contributed by atoms with Crippen LogP contribution in [0.3, 0.4) is 0 Å². The molecule has 480 valence electrons. The molecule has 3 aromatic carbocycles. The van der Waals surface area contributed by atoms with Gasteiger partial charge in [-0.05, 0) is 223 Å². The van der Waals surface area contributed by atoms with Gasteiger partial charge in [-0.25, -0.2) is 0 Å². The summed E-state index contributed by atoms with van der Waals surface area (Å²) >= 11 is 0. The summed E-state index contributed by atoms with van der Waals surface area (Å²) in [6, 6.07) is 28.7. The van der Waals surface area contributed by atoms with E-state index in [1.165, 1.54) is 101 Å². The lowest BCUT2D eigenvalue weighted by molar-refractivity contribution is 0.364. The molecule has 0 saturated heterocycles. The summed E-state index contributed by atoms with van der Waals surface area (Å²) in [5, 5.41) is 0. The van der Waals surface area contributed by atoms with Crippen molar-refractivity contribution in [3.63, 3.8) is 0 Å². The monoisotopic (exact) mass is 1250 g/mol. The van der Waals surface area contributed by atoms with Crippen LogP contribution in [0, 0.1) is 17.8 Å². The molecular weight excluding hydrogens is 1160 g/mol. The molecule has 0 fully saturated rings. The number of allylic oxidation sites excluding steroid dienone is 41. The molecule has 10 aliphatic carbocycles. The van der Waals surface area contributed by atoms with Gasteiger partial charge in [0.05, 0.1) is 18.1 Å². The lowest BCUT2D eigenvalue weighted by atomic mass is 9.75. The lowest BCUT2D eigenvalue weighted by Gasteiger charge is -2.38. The molecule has 7 unspecified atom stereocenters. The molecule has 96 heavy (non-hydrogen) atoms. The van der Waals surface area contributed by atoms with E-state index >= 15 is 0 Å². The van der Waals surface area contributed by atoms with Crippen molar-refractivity contribution in [2.45, 2.75) is 114 Å². The summed E-state index contributed by atoms with van der Waals surface area (Å²) in [5.41, 5.74) is 24.0. The van der Waals surface area contributed by atoms with E-state index in [1.807, 2.05) is 24.3 Å². The standard InChI is InChI=1S/C93H93N3/c1-5-9-10-21-68-94(91-38-23-32-79-29-17-19-36-89(79)91)83-58-48-75(49-59-83)78-54-64-87(65-55-78)95(85-60-50-74(51-61-85)71-27-13-11-14-28-71)86-62-52-76(53-63-86)72-40-44-81(45-41-72)93(70(8-4)31-22-26-69(7-3)25-6-2)82-46-42-73(43-47-82)77-56-66-88(67-57-77)96(84-34-15-12-16-35-84)92-39-24-33-80-30-18-20-37-90(80)92/h5-13,15-16,18-24,26-27,30-32,34,36-37,39-44,46-48,50-54,56-58,60-62,64,66-69,80-81,84,86,91,93H,1-4,14,17,25,28-29,33,35,38,45,49,55,59,63,65H2. The van der Waals surface area contributed by atoms with Crippen molar-refractivity contribution in [2.24, 2.45) is 17.8 Å². The largest absolute Gasteiger partial charge is 0.344 e. The van der Waals surface area contributed by atoms with Crippen molar-refractivity contribution in [1.82, 2.24) is 4.90 Å². The van der Waals surface area contributed by atoms with Gasteiger partial charge in [0, 0.05) is 46.5 Å². The zero-order valence-corrected chi connectivity index (χ0v) is 56.0. The Balaban J connectivity index is 0.736. The van der Waals surface area contributed by atoms with Crippen LogP contribution in [0.5, 0.6) is 0 Å². The molecule has 0 radical (unpaired) electrons. The first kappa shape index (κ1) is 64.7. The average molecular weight is 1250 g/mol. The zero-order valence-electron chi connectivity index (χ0n) is 56.0. The second kappa shape index (κ2) is 31.5. The second-order valence-electron chi connectivity index (χ2n) is 26.6. The van der Waals surface area contributed by atoms with Crippen molar-refractivity contribution in [2.75, 3.05) is 9.80 Å². The molecule has 0 N–H and O–H groups in total. The number of rotatable bonds is 24. The maximum Gasteiger partial charge on any atom is 0.0619 e. The highest BCUT2D eigenvalue weighted by molar-refractivity contribution is 5.72. The molecule has 3 heteroatoms. The molecule has 10 aliphatic rings. The maximum atomic E-state index is 4.44. The van der Waals surface area contributed by atoms with E-state index in [4.69, 9.17) is 0 Å². The Morgan fingerprint density at radius 1 is 0.500 bits per heavy atom. The Bertz CT molecular complexity index is 4200. The molecule has 3 aromatic rings. The molecule has 0 heterocycles. The second-order valence-corrected chi connectivity index (χ2v) is 26.6. The molecule has 0 aromatic heterocycles. The topological polar surface area (TPSA) is 9.72 Å². The van der Waals surface area contributed by atoms with E-state index in [1.54, 1.807) is 0 Å². The third kappa shape index (κ3) is 14.9. The van der Waals surface area contributed by atoms with E-state index in [2.05, 4.69) is 321 Å². The van der Waals surface area contributed by atoms with Gasteiger partial charge in [0.25, 0.3) is 0 Å². The number of fused-ring (bicyclic) bond motifs is 1. The fraction of sp³-hybridized carbons (Fsp3) is 0.226. The molecule has 0 bridgehead atoms. The first-order valence-corrected chi connectivity index (χ1v) is 35.4. The van der Waals surface area contributed by atoms with E-state index in [0.29, 0.717) is 12.0 Å². The molecule has 3 nitrogen and oxygen atoms in total. The summed E-state index contributed by atoms with van der Waals surface area (Å²) < 4.78 is 0. The van der Waals surface area contributed by atoms with Gasteiger partial charge in [0.1, 0.15) is 0 Å². The fourth-order valence-corrected chi connectivity index (χ4v) is 15.6. The van der Waals surface area contributed by atoms with Crippen LogP contribution in [-0.2, 0) is 0 Å². The van der Waals surface area contributed by atoms with Crippen molar-refractivity contribution >= 4 is 16.9 Å². The number of hydrogen-bond acceptors (Lipinski definition) is 3. The number of hydrogen-bond donors (Lipinski definition) is 0. The van der Waals surface area contributed by atoms with Crippen LogP contribution < -0.4 is 9.80 Å². The van der Waals surface area contributed by atoms with E-state index in [-0.39, 0.29) is 29.8 Å². The molecule has 0 amide bonds. The van der Waals surface area contributed by atoms with E-state index in [0.717, 1.165) is 89.9 Å². The molecule has 7 atom stereocenters. The minimum atomic E-state index is 0.0941. The van der Waals surface area contributed by atoms with Crippen LogP contribution in [0.4, 0.5) is 11.4 Å². The van der Waals surface area contributed by atoms with Crippen LogP contribution in [-0.4, -0.2) is 23.0 Å². The number of benzene rings is 3. The van der Waals surface area contributed by atoms with Crippen LogP contribution in [0.2, 0.25) is 0 Å². The first-order chi connectivity index (χ1) is 47.4. The molecule has 0 saturated carbocycles. The highest BCUT2D eigenvalue weighted by Crippen LogP contribution is 2.44. The first-order valence-electron chi connectivity index (χ1n) is 35.4. The minimum Gasteiger partial charge on any atom is -0.344 e. The summed E-state index contributed by atoms with van der Waals surface area (Å²) in [4.78, 5) is 7.71. The van der Waals surface area contributed by atoms with Gasteiger partial charge < -0.3 is 14.7 Å². The number of nitrogens with zero attached hydrogens (tertiary/aromatic N) is 3. The van der Waals surface area contributed by atoms with Crippen LogP contribution in [0.25, 0.3) is 16.7 Å². The van der Waals surface area contributed by atoms with Crippen molar-refractivity contribution in [1.29, 1.82) is 0 Å². The Morgan fingerprint density at radius 3 is 1.90 bits per heavy atom. The van der Waals surface area contributed by atoms with Gasteiger partial charge in [-0.1, -0.05) is 262 Å². The average Bonchev–Trinajstić information content (AvgIpc) is 0.815. The van der Waals surface area contributed by atoms with Gasteiger partial charge in [-0.15, -0.1) is 13.2 Å². The van der Waals surface area contributed by atoms with Gasteiger partial charge in [-0.2, -0.15) is 0 Å². The lowest BCUT2D eigenvalue weighted by Crippen LogP contribution is -2.35. The summed E-state index contributed by atoms with van der Waals surface area (Å²) in [5.74, 6) is 0.957. The van der Waals surface area contributed by atoms with Crippen molar-refractivity contribution in [3.8, 4) is 11.1 Å². The third-order valence-electron chi connectivity index (χ3n) is 20.7. The smallest absolute Gasteiger partial charge is 0.0619 e. The Morgan fingerprint density at radius 2 is 1.22 bits per heavy atom. The molecular formula is C93H93N3. The van der Waals surface area contributed by atoms with Crippen LogP contribution in [0.1, 0.15) is 107 Å².